The van der Waals surface area contributed by atoms with Gasteiger partial charge in [-0.1, -0.05) is 43.4 Å². The van der Waals surface area contributed by atoms with Crippen molar-refractivity contribution in [3.8, 4) is 0 Å². The fourth-order valence-corrected chi connectivity index (χ4v) is 1.62. The molecule has 0 atom stereocenters. The maximum atomic E-state index is 4.04. The van der Waals surface area contributed by atoms with Gasteiger partial charge in [0, 0.05) is 19.3 Å². The molecular formula is C14H21N. The molecule has 1 aliphatic carbocycles. The monoisotopic (exact) mass is 203 g/mol. The molecule has 0 amide bonds. The molecule has 0 aromatic rings. The number of hydrogen-bond donors (Lipinski definition) is 0. The Hall–Kier alpha value is -1.24. The molecule has 15 heavy (non-hydrogen) atoms. The lowest BCUT2D eigenvalue weighted by molar-refractivity contribution is 0.444. The smallest absolute Gasteiger partial charge is 0.0423 e. The average Bonchev–Trinajstić information content (AvgIpc) is 2.41. The Balaban J connectivity index is 2.65. The standard InChI is InChI=1S/C14H21N/c1-5-13(3)15(4)11-14-9-7-6-8-12(2)10-14/h6-7,9-10H,3,5,8,11H2,1-2,4H3. The zero-order valence-corrected chi connectivity index (χ0v) is 10.1. The van der Waals surface area contributed by atoms with Crippen LogP contribution in [0.5, 0.6) is 0 Å². The van der Waals surface area contributed by atoms with Gasteiger partial charge in [0.25, 0.3) is 0 Å². The highest BCUT2D eigenvalue weighted by Gasteiger charge is 2.03. The largest absolute Gasteiger partial charge is 0.374 e. The quantitative estimate of drug-likeness (QED) is 0.673. The van der Waals surface area contributed by atoms with Crippen molar-refractivity contribution in [1.29, 1.82) is 0 Å². The lowest BCUT2D eigenvalue weighted by Gasteiger charge is -2.21. The maximum Gasteiger partial charge on any atom is 0.0423 e. The number of likely N-dealkylation sites (N-methyl/N-ethyl adjacent to an activating group) is 1. The van der Waals surface area contributed by atoms with E-state index < -0.39 is 0 Å². The zero-order valence-electron chi connectivity index (χ0n) is 10.1. The normalized spacial score (nSPS) is 15.4. The lowest BCUT2D eigenvalue weighted by atomic mass is 10.1. The predicted octanol–water partition coefficient (Wildman–Crippen LogP) is 3.67. The Morgan fingerprint density at radius 1 is 1.53 bits per heavy atom. The van der Waals surface area contributed by atoms with Crippen LogP contribution in [0.2, 0.25) is 0 Å². The van der Waals surface area contributed by atoms with E-state index in [0.29, 0.717) is 0 Å². The van der Waals surface area contributed by atoms with Crippen molar-refractivity contribution < 1.29 is 0 Å². The van der Waals surface area contributed by atoms with Crippen molar-refractivity contribution >= 4 is 0 Å². The Bertz CT molecular complexity index is 318. The van der Waals surface area contributed by atoms with Crippen molar-refractivity contribution in [3.63, 3.8) is 0 Å². The molecule has 0 spiro atoms. The first-order valence-electron chi connectivity index (χ1n) is 5.55. The summed E-state index contributed by atoms with van der Waals surface area (Å²) in [4.78, 5) is 2.22. The van der Waals surface area contributed by atoms with E-state index in [1.165, 1.54) is 16.8 Å². The minimum absolute atomic E-state index is 0.953. The molecule has 0 aromatic heterocycles. The van der Waals surface area contributed by atoms with Crippen LogP contribution in [0.15, 0.2) is 47.7 Å². The van der Waals surface area contributed by atoms with Gasteiger partial charge in [-0.2, -0.15) is 0 Å². The number of nitrogens with zero attached hydrogens (tertiary/aromatic N) is 1. The summed E-state index contributed by atoms with van der Waals surface area (Å²) in [6, 6.07) is 0. The first kappa shape index (κ1) is 11.8. The molecule has 0 aliphatic heterocycles. The highest BCUT2D eigenvalue weighted by molar-refractivity contribution is 5.32. The fraction of sp³-hybridized carbons (Fsp3) is 0.429. The van der Waals surface area contributed by atoms with Crippen LogP contribution in [0.25, 0.3) is 0 Å². The van der Waals surface area contributed by atoms with Crippen LogP contribution in [-0.2, 0) is 0 Å². The third-order valence-electron chi connectivity index (χ3n) is 2.69. The Morgan fingerprint density at radius 3 is 2.93 bits per heavy atom. The van der Waals surface area contributed by atoms with Crippen molar-refractivity contribution in [2.24, 2.45) is 0 Å². The van der Waals surface area contributed by atoms with E-state index in [1.54, 1.807) is 0 Å². The van der Waals surface area contributed by atoms with Crippen molar-refractivity contribution in [1.82, 2.24) is 4.90 Å². The van der Waals surface area contributed by atoms with Crippen molar-refractivity contribution in [3.05, 3.63) is 47.7 Å². The van der Waals surface area contributed by atoms with Gasteiger partial charge in [-0.15, -0.1) is 0 Å². The molecule has 0 heterocycles. The molecule has 0 bridgehead atoms. The molecule has 82 valence electrons. The number of allylic oxidation sites excluding steroid dienone is 5. The molecule has 0 fully saturated rings. The molecule has 1 nitrogen and oxygen atoms in total. The summed E-state index contributed by atoms with van der Waals surface area (Å²) in [6.45, 7) is 9.31. The Morgan fingerprint density at radius 2 is 2.27 bits per heavy atom. The van der Waals surface area contributed by atoms with Crippen LogP contribution in [0.3, 0.4) is 0 Å². The lowest BCUT2D eigenvalue weighted by Crippen LogP contribution is -2.19. The second-order valence-corrected chi connectivity index (χ2v) is 4.14. The first-order chi connectivity index (χ1) is 7.13. The van der Waals surface area contributed by atoms with E-state index in [2.05, 4.69) is 56.7 Å². The molecule has 0 saturated heterocycles. The van der Waals surface area contributed by atoms with Crippen LogP contribution in [0.4, 0.5) is 0 Å². The van der Waals surface area contributed by atoms with Gasteiger partial charge >= 0.3 is 0 Å². The second-order valence-electron chi connectivity index (χ2n) is 4.14. The van der Waals surface area contributed by atoms with E-state index in [9.17, 15) is 0 Å². The van der Waals surface area contributed by atoms with E-state index in [-0.39, 0.29) is 0 Å². The van der Waals surface area contributed by atoms with E-state index in [0.717, 1.165) is 19.4 Å². The predicted molar refractivity (Wildman–Crippen MR) is 67.7 cm³/mol. The molecule has 1 rings (SSSR count). The molecule has 0 aromatic carbocycles. The van der Waals surface area contributed by atoms with Crippen LogP contribution in [-0.4, -0.2) is 18.5 Å². The fourth-order valence-electron chi connectivity index (χ4n) is 1.62. The minimum atomic E-state index is 0.953. The topological polar surface area (TPSA) is 3.24 Å². The third-order valence-corrected chi connectivity index (χ3v) is 2.69. The van der Waals surface area contributed by atoms with Gasteiger partial charge in [-0.25, -0.2) is 0 Å². The summed E-state index contributed by atoms with van der Waals surface area (Å²) in [7, 11) is 2.10. The van der Waals surface area contributed by atoms with Crippen LogP contribution in [0.1, 0.15) is 26.7 Å². The summed E-state index contributed by atoms with van der Waals surface area (Å²) in [5, 5.41) is 0. The maximum absolute atomic E-state index is 4.04. The highest BCUT2D eigenvalue weighted by Crippen LogP contribution is 2.14. The molecular weight excluding hydrogens is 182 g/mol. The number of hydrogen-bond acceptors (Lipinski definition) is 1. The Labute approximate surface area is 93.5 Å². The Kier molecular flexibility index (Phi) is 4.41. The molecule has 0 N–H and O–H groups in total. The van der Waals surface area contributed by atoms with Crippen molar-refractivity contribution in [2.75, 3.05) is 13.6 Å². The van der Waals surface area contributed by atoms with E-state index >= 15 is 0 Å². The summed E-state index contributed by atoms with van der Waals surface area (Å²) in [5.41, 5.74) is 3.97. The average molecular weight is 203 g/mol. The van der Waals surface area contributed by atoms with E-state index in [1.807, 2.05) is 0 Å². The van der Waals surface area contributed by atoms with Gasteiger partial charge in [-0.05, 0) is 25.3 Å². The van der Waals surface area contributed by atoms with Gasteiger partial charge in [-0.3, -0.25) is 0 Å². The van der Waals surface area contributed by atoms with Crippen LogP contribution >= 0.6 is 0 Å². The van der Waals surface area contributed by atoms with Crippen LogP contribution < -0.4 is 0 Å². The summed E-state index contributed by atoms with van der Waals surface area (Å²) in [5.74, 6) is 0. The van der Waals surface area contributed by atoms with Crippen LogP contribution in [0, 0.1) is 0 Å². The molecule has 1 heteroatoms. The zero-order chi connectivity index (χ0) is 11.3. The molecule has 0 saturated carbocycles. The second kappa shape index (κ2) is 5.59. The number of rotatable bonds is 4. The third kappa shape index (κ3) is 3.78. The van der Waals surface area contributed by atoms with Gasteiger partial charge in [0.2, 0.25) is 0 Å². The molecule has 0 radical (unpaired) electrons. The van der Waals surface area contributed by atoms with Gasteiger partial charge in [0.15, 0.2) is 0 Å². The summed E-state index contributed by atoms with van der Waals surface area (Å²) >= 11 is 0. The first-order valence-corrected chi connectivity index (χ1v) is 5.55. The van der Waals surface area contributed by atoms with Gasteiger partial charge in [0.1, 0.15) is 0 Å². The summed E-state index contributed by atoms with van der Waals surface area (Å²) in [6.07, 6.45) is 10.9. The highest BCUT2D eigenvalue weighted by atomic mass is 15.1. The van der Waals surface area contributed by atoms with E-state index in [4.69, 9.17) is 0 Å². The minimum Gasteiger partial charge on any atom is -0.374 e. The van der Waals surface area contributed by atoms with Gasteiger partial charge in [0.05, 0.1) is 0 Å². The van der Waals surface area contributed by atoms with Crippen molar-refractivity contribution in [2.45, 2.75) is 26.7 Å². The SMILES string of the molecule is C=C(CC)N(C)CC1=CC=CCC(C)=C1. The molecule has 1 aliphatic rings. The van der Waals surface area contributed by atoms with Gasteiger partial charge < -0.3 is 4.90 Å². The summed E-state index contributed by atoms with van der Waals surface area (Å²) < 4.78 is 0. The molecule has 0 unspecified atom stereocenters.